The van der Waals surface area contributed by atoms with E-state index in [2.05, 4.69) is 20.8 Å². The molecule has 6 nitrogen and oxygen atoms in total. The Morgan fingerprint density at radius 3 is 2.67 bits per heavy atom. The number of carbonyl (C=O) groups excluding carboxylic acids is 1. The first kappa shape index (κ1) is 15.0. The van der Waals surface area contributed by atoms with Gasteiger partial charge in [0, 0.05) is 11.0 Å². The number of hydrogen-bond acceptors (Lipinski definition) is 6. The van der Waals surface area contributed by atoms with E-state index >= 15 is 0 Å². The number of esters is 1. The molecule has 0 amide bonds. The molecule has 4 saturated heterocycles. The van der Waals surface area contributed by atoms with E-state index in [1.54, 1.807) is 0 Å². The normalized spacial score (nSPS) is 65.6. The molecule has 27 heavy (non-hydrogen) atoms. The van der Waals surface area contributed by atoms with E-state index in [-0.39, 0.29) is 52.1 Å². The zero-order chi connectivity index (χ0) is 18.2. The van der Waals surface area contributed by atoms with Crippen LogP contribution in [0.4, 0.5) is 0 Å². The molecule has 8 rings (SSSR count). The van der Waals surface area contributed by atoms with Crippen molar-refractivity contribution in [3.8, 4) is 0 Å². The Hall–Kier alpha value is -0.950. The summed E-state index contributed by atoms with van der Waals surface area (Å²) < 4.78 is 31.4. The van der Waals surface area contributed by atoms with E-state index in [0.29, 0.717) is 25.0 Å². The SMILES string of the molecule is CC(C)[C@]12O[C@H]1[C@@H]1OC13C1(O[C@H]1C[C@H]1C4=C(CC[C@@]13C)C(=O)OC4)[C@@]21CO1. The lowest BCUT2D eigenvalue weighted by atomic mass is 9.45. The van der Waals surface area contributed by atoms with E-state index in [0.717, 1.165) is 24.8 Å². The first-order valence-corrected chi connectivity index (χ1v) is 10.5. The molecule has 5 heterocycles. The van der Waals surface area contributed by atoms with Crippen molar-refractivity contribution >= 4 is 5.97 Å². The van der Waals surface area contributed by atoms with Crippen LogP contribution in [-0.4, -0.2) is 59.9 Å². The molecule has 0 N–H and O–H groups in total. The number of carbonyl (C=O) groups is 1. The standard InChI is InChI=1S/C21H24O6/c1-9(2)19-14(26-19)15-21(27-15)17(3)5-4-10-11(7-23-16(10)22)12(17)6-13-20(21,25-13)18(19)8-24-18/h9,12-15H,4-8H2,1-3H3/t12-,13-,14-,15-,17-,18+,19-,20?,21?/m0/s1. The fraction of sp³-hybridized carbons (Fsp3) is 0.857. The van der Waals surface area contributed by atoms with Gasteiger partial charge in [0.25, 0.3) is 0 Å². The molecule has 6 fully saturated rings. The summed E-state index contributed by atoms with van der Waals surface area (Å²) in [6, 6.07) is 0. The lowest BCUT2D eigenvalue weighted by molar-refractivity contribution is -0.136. The van der Waals surface area contributed by atoms with E-state index in [9.17, 15) is 4.79 Å². The Morgan fingerprint density at radius 2 is 1.93 bits per heavy atom. The van der Waals surface area contributed by atoms with E-state index < -0.39 is 0 Å². The molecule has 144 valence electrons. The van der Waals surface area contributed by atoms with Crippen LogP contribution in [0.2, 0.25) is 0 Å². The van der Waals surface area contributed by atoms with Gasteiger partial charge in [0.1, 0.15) is 30.0 Å². The minimum absolute atomic E-state index is 0.0640. The number of ether oxygens (including phenoxy) is 5. The van der Waals surface area contributed by atoms with E-state index in [1.807, 2.05) is 0 Å². The van der Waals surface area contributed by atoms with E-state index in [4.69, 9.17) is 23.7 Å². The molecule has 0 aromatic carbocycles. The highest BCUT2D eigenvalue weighted by molar-refractivity contribution is 5.92. The summed E-state index contributed by atoms with van der Waals surface area (Å²) in [4.78, 5) is 12.2. The molecule has 9 atom stereocenters. The topological polar surface area (TPSA) is 76.4 Å². The number of cyclic esters (lactones) is 1. The van der Waals surface area contributed by atoms with Crippen molar-refractivity contribution in [1.82, 2.24) is 0 Å². The predicted molar refractivity (Wildman–Crippen MR) is 89.8 cm³/mol. The maximum atomic E-state index is 12.2. The lowest BCUT2D eigenvalue weighted by Crippen LogP contribution is -2.71. The molecular formula is C21H24O6. The average molecular weight is 372 g/mol. The molecule has 0 aromatic rings. The third kappa shape index (κ3) is 1.10. The molecule has 0 radical (unpaired) electrons. The summed E-state index contributed by atoms with van der Waals surface area (Å²) in [5.41, 5.74) is 0.771. The molecule has 2 unspecified atom stereocenters. The summed E-state index contributed by atoms with van der Waals surface area (Å²) in [7, 11) is 0. The van der Waals surface area contributed by atoms with Gasteiger partial charge in [0.2, 0.25) is 0 Å². The van der Waals surface area contributed by atoms with Gasteiger partial charge in [-0.15, -0.1) is 0 Å². The second kappa shape index (κ2) is 3.64. The van der Waals surface area contributed by atoms with Gasteiger partial charge in [-0.05, 0) is 36.7 Å². The number of hydrogen-bond donors (Lipinski definition) is 0. The second-order valence-corrected chi connectivity index (χ2v) is 10.5. The molecule has 0 bridgehead atoms. The van der Waals surface area contributed by atoms with E-state index in [1.165, 1.54) is 5.57 Å². The minimum atomic E-state index is -0.366. The van der Waals surface area contributed by atoms with Crippen LogP contribution in [0, 0.1) is 17.3 Å². The third-order valence-electron chi connectivity index (χ3n) is 9.79. The molecule has 6 heteroatoms. The van der Waals surface area contributed by atoms with Crippen LogP contribution < -0.4 is 0 Å². The minimum Gasteiger partial charge on any atom is -0.458 e. The molecule has 8 aliphatic rings. The summed E-state index contributed by atoms with van der Waals surface area (Å²) in [5.74, 6) is 0.555. The molecular weight excluding hydrogens is 348 g/mol. The van der Waals surface area contributed by atoms with Crippen LogP contribution in [0.1, 0.15) is 40.0 Å². The van der Waals surface area contributed by atoms with Crippen molar-refractivity contribution in [3.05, 3.63) is 11.1 Å². The van der Waals surface area contributed by atoms with Crippen molar-refractivity contribution < 1.29 is 28.5 Å². The Balaban J connectivity index is 1.33. The molecule has 2 saturated carbocycles. The third-order valence-corrected chi connectivity index (χ3v) is 9.79. The zero-order valence-corrected chi connectivity index (χ0v) is 15.9. The average Bonchev–Trinajstić information content (AvgIpc) is 3.43. The van der Waals surface area contributed by atoms with Gasteiger partial charge < -0.3 is 23.7 Å². The number of epoxide rings is 4. The van der Waals surface area contributed by atoms with Gasteiger partial charge in [0.15, 0.2) is 11.2 Å². The number of fused-ring (bicyclic) bond motifs is 5. The van der Waals surface area contributed by atoms with Gasteiger partial charge in [0.05, 0.1) is 12.7 Å². The summed E-state index contributed by atoms with van der Waals surface area (Å²) in [6.07, 6.45) is 3.00. The summed E-state index contributed by atoms with van der Waals surface area (Å²) in [6.45, 7) is 8.00. The molecule has 5 aliphatic heterocycles. The Morgan fingerprint density at radius 1 is 1.11 bits per heavy atom. The highest BCUT2D eigenvalue weighted by Gasteiger charge is 3.07. The Labute approximate surface area is 157 Å². The maximum absolute atomic E-state index is 12.2. The summed E-state index contributed by atoms with van der Waals surface area (Å²) >= 11 is 0. The smallest absolute Gasteiger partial charge is 0.334 e. The van der Waals surface area contributed by atoms with Gasteiger partial charge >= 0.3 is 5.97 Å². The van der Waals surface area contributed by atoms with Gasteiger partial charge in [-0.2, -0.15) is 0 Å². The molecule has 3 aliphatic carbocycles. The highest BCUT2D eigenvalue weighted by Crippen LogP contribution is 2.87. The first-order valence-electron chi connectivity index (χ1n) is 10.5. The highest BCUT2D eigenvalue weighted by atomic mass is 16.8. The number of rotatable bonds is 1. The quantitative estimate of drug-likeness (QED) is 0.513. The second-order valence-electron chi connectivity index (χ2n) is 10.5. The molecule has 3 spiro atoms. The Bertz CT molecular complexity index is 889. The zero-order valence-electron chi connectivity index (χ0n) is 15.9. The van der Waals surface area contributed by atoms with Crippen LogP contribution in [-0.2, 0) is 28.5 Å². The largest absolute Gasteiger partial charge is 0.458 e. The van der Waals surface area contributed by atoms with Crippen molar-refractivity contribution in [1.29, 1.82) is 0 Å². The Kier molecular flexibility index (Phi) is 2.02. The fourth-order valence-corrected chi connectivity index (χ4v) is 8.56. The van der Waals surface area contributed by atoms with Crippen LogP contribution in [0.15, 0.2) is 11.1 Å². The summed E-state index contributed by atoms with van der Waals surface area (Å²) in [5, 5.41) is 0. The van der Waals surface area contributed by atoms with Crippen LogP contribution >= 0.6 is 0 Å². The van der Waals surface area contributed by atoms with Crippen molar-refractivity contribution in [2.75, 3.05) is 13.2 Å². The van der Waals surface area contributed by atoms with Crippen LogP contribution in [0.3, 0.4) is 0 Å². The molecule has 0 aromatic heterocycles. The van der Waals surface area contributed by atoms with Gasteiger partial charge in [-0.1, -0.05) is 20.8 Å². The lowest BCUT2D eigenvalue weighted by Gasteiger charge is -2.53. The predicted octanol–water partition coefficient (Wildman–Crippen LogP) is 1.51. The van der Waals surface area contributed by atoms with Crippen molar-refractivity contribution in [3.63, 3.8) is 0 Å². The fourth-order valence-electron chi connectivity index (χ4n) is 8.56. The van der Waals surface area contributed by atoms with Crippen molar-refractivity contribution in [2.24, 2.45) is 17.3 Å². The van der Waals surface area contributed by atoms with Gasteiger partial charge in [-0.25, -0.2) is 4.79 Å². The monoisotopic (exact) mass is 372 g/mol. The van der Waals surface area contributed by atoms with Crippen LogP contribution in [0.25, 0.3) is 0 Å². The van der Waals surface area contributed by atoms with Gasteiger partial charge in [-0.3, -0.25) is 0 Å². The maximum Gasteiger partial charge on any atom is 0.334 e. The van der Waals surface area contributed by atoms with Crippen LogP contribution in [0.5, 0.6) is 0 Å². The first-order chi connectivity index (χ1) is 12.9. The van der Waals surface area contributed by atoms with Crippen molar-refractivity contribution in [2.45, 2.75) is 80.7 Å².